The van der Waals surface area contributed by atoms with Crippen molar-refractivity contribution in [3.05, 3.63) is 90.1 Å². The van der Waals surface area contributed by atoms with Gasteiger partial charge in [-0.15, -0.1) is 0 Å². The third kappa shape index (κ3) is 5.01. The molecule has 0 unspecified atom stereocenters. The third-order valence-corrected chi connectivity index (χ3v) is 5.29. The molecule has 4 aromatic rings. The predicted octanol–water partition coefficient (Wildman–Crippen LogP) is 6.92. The molecule has 0 spiro atoms. The summed E-state index contributed by atoms with van der Waals surface area (Å²) in [6.45, 7) is 7.94. The monoisotopic (exact) mass is 437 g/mol. The lowest BCUT2D eigenvalue weighted by Gasteiger charge is -2.14. The Balaban J connectivity index is 1.80. The largest absolute Gasteiger partial charge is 0.380 e. The van der Waals surface area contributed by atoms with Crippen molar-refractivity contribution < 1.29 is 4.39 Å². The van der Waals surface area contributed by atoms with Crippen molar-refractivity contribution in [2.45, 2.75) is 20.4 Å². The molecule has 4 rings (SSSR count). The Morgan fingerprint density at radius 2 is 1.79 bits per heavy atom. The number of anilines is 1. The van der Waals surface area contributed by atoms with E-state index >= 15 is 0 Å². The molecule has 5 nitrogen and oxygen atoms in total. The minimum absolute atomic E-state index is 0.240. The van der Waals surface area contributed by atoms with Crippen LogP contribution >= 0.6 is 0 Å². The summed E-state index contributed by atoms with van der Waals surface area (Å²) in [7, 11) is 0. The summed E-state index contributed by atoms with van der Waals surface area (Å²) in [5.74, 6) is -0.240. The van der Waals surface area contributed by atoms with Crippen molar-refractivity contribution in [3.63, 3.8) is 0 Å². The molecule has 2 aromatic heterocycles. The van der Waals surface area contributed by atoms with Crippen LogP contribution in [0.15, 0.2) is 83.2 Å². The van der Waals surface area contributed by atoms with E-state index in [0.717, 1.165) is 39.3 Å². The maximum atomic E-state index is 13.9. The zero-order valence-corrected chi connectivity index (χ0v) is 18.6. The summed E-state index contributed by atoms with van der Waals surface area (Å²) in [5.41, 5.74) is 7.40. The van der Waals surface area contributed by atoms with Crippen molar-refractivity contribution in [1.29, 1.82) is 0 Å². The Labute approximate surface area is 192 Å². The number of hydrogen-bond donors (Lipinski definition) is 1. The van der Waals surface area contributed by atoms with Gasteiger partial charge in [-0.25, -0.2) is 4.39 Å². The Hall–Kier alpha value is -4.19. The van der Waals surface area contributed by atoms with E-state index < -0.39 is 0 Å². The van der Waals surface area contributed by atoms with E-state index in [4.69, 9.17) is 4.98 Å². The van der Waals surface area contributed by atoms with E-state index in [9.17, 15) is 4.39 Å². The minimum Gasteiger partial charge on any atom is -0.380 e. The molecule has 0 aliphatic carbocycles. The summed E-state index contributed by atoms with van der Waals surface area (Å²) in [4.78, 5) is 17.3. The molecule has 0 saturated heterocycles. The van der Waals surface area contributed by atoms with Gasteiger partial charge in [-0.1, -0.05) is 6.07 Å². The highest BCUT2D eigenvalue weighted by atomic mass is 19.1. The van der Waals surface area contributed by atoms with Crippen LogP contribution in [0.25, 0.3) is 22.4 Å². The second-order valence-corrected chi connectivity index (χ2v) is 7.54. The first-order valence-corrected chi connectivity index (χ1v) is 10.6. The van der Waals surface area contributed by atoms with Crippen LogP contribution in [0, 0.1) is 12.7 Å². The van der Waals surface area contributed by atoms with Crippen LogP contribution in [0.5, 0.6) is 0 Å². The molecule has 2 heterocycles. The second kappa shape index (κ2) is 9.96. The SMILES string of the molecule is C=Nc1cc(-c2cc(NCc3ccncc3)cnc2-c2ccc(F)c(C)c2)ccc1/N=C\C. The van der Waals surface area contributed by atoms with Crippen molar-refractivity contribution in [3.8, 4) is 22.4 Å². The van der Waals surface area contributed by atoms with Crippen LogP contribution in [-0.4, -0.2) is 22.9 Å². The first kappa shape index (κ1) is 22.0. The number of nitrogens with zero attached hydrogens (tertiary/aromatic N) is 4. The van der Waals surface area contributed by atoms with Crippen LogP contribution in [0.1, 0.15) is 18.1 Å². The zero-order valence-electron chi connectivity index (χ0n) is 18.6. The van der Waals surface area contributed by atoms with Gasteiger partial charge in [0.2, 0.25) is 0 Å². The fourth-order valence-electron chi connectivity index (χ4n) is 3.57. The lowest BCUT2D eigenvalue weighted by molar-refractivity contribution is 0.619. The van der Waals surface area contributed by atoms with Gasteiger partial charge in [0, 0.05) is 36.3 Å². The van der Waals surface area contributed by atoms with E-state index in [2.05, 4.69) is 27.0 Å². The van der Waals surface area contributed by atoms with Gasteiger partial charge >= 0.3 is 0 Å². The topological polar surface area (TPSA) is 62.5 Å². The number of aryl methyl sites for hydroxylation is 1. The van der Waals surface area contributed by atoms with Gasteiger partial charge in [-0.05, 0) is 85.8 Å². The molecular weight excluding hydrogens is 413 g/mol. The third-order valence-electron chi connectivity index (χ3n) is 5.29. The molecule has 33 heavy (non-hydrogen) atoms. The molecule has 0 fully saturated rings. The average Bonchev–Trinajstić information content (AvgIpc) is 2.85. The van der Waals surface area contributed by atoms with E-state index in [-0.39, 0.29) is 5.82 Å². The number of benzene rings is 2. The first-order valence-electron chi connectivity index (χ1n) is 10.6. The van der Waals surface area contributed by atoms with Gasteiger partial charge in [0.25, 0.3) is 0 Å². The fraction of sp³-hybridized carbons (Fsp3) is 0.111. The molecular formula is C27H24FN5. The van der Waals surface area contributed by atoms with Crippen LogP contribution in [0.4, 0.5) is 21.5 Å². The van der Waals surface area contributed by atoms with Gasteiger partial charge in [-0.2, -0.15) is 0 Å². The lowest BCUT2D eigenvalue weighted by atomic mass is 9.97. The van der Waals surface area contributed by atoms with Crippen molar-refractivity contribution in [2.75, 3.05) is 5.32 Å². The van der Waals surface area contributed by atoms with Gasteiger partial charge in [0.05, 0.1) is 29.0 Å². The molecule has 1 N–H and O–H groups in total. The predicted molar refractivity (Wildman–Crippen MR) is 134 cm³/mol. The van der Waals surface area contributed by atoms with E-state index in [1.807, 2.05) is 49.4 Å². The summed E-state index contributed by atoms with van der Waals surface area (Å²) in [5, 5.41) is 3.42. The average molecular weight is 438 g/mol. The highest BCUT2D eigenvalue weighted by Gasteiger charge is 2.14. The summed E-state index contributed by atoms with van der Waals surface area (Å²) in [6, 6.07) is 16.9. The highest BCUT2D eigenvalue weighted by molar-refractivity contribution is 5.86. The van der Waals surface area contributed by atoms with Crippen LogP contribution in [0.3, 0.4) is 0 Å². The second-order valence-electron chi connectivity index (χ2n) is 7.54. The van der Waals surface area contributed by atoms with E-state index in [1.54, 1.807) is 37.8 Å². The lowest BCUT2D eigenvalue weighted by Crippen LogP contribution is -2.01. The normalized spacial score (nSPS) is 11.0. The van der Waals surface area contributed by atoms with Crippen LogP contribution < -0.4 is 5.32 Å². The summed E-state index contributed by atoms with van der Waals surface area (Å²) < 4.78 is 13.9. The van der Waals surface area contributed by atoms with Gasteiger partial charge < -0.3 is 5.32 Å². The molecule has 0 radical (unpaired) electrons. The van der Waals surface area contributed by atoms with Crippen LogP contribution in [-0.2, 0) is 6.54 Å². The molecule has 0 aliphatic heterocycles. The molecule has 2 aromatic carbocycles. The molecule has 6 heteroatoms. The van der Waals surface area contributed by atoms with Crippen molar-refractivity contribution in [2.24, 2.45) is 9.98 Å². The number of rotatable bonds is 7. The summed E-state index contributed by atoms with van der Waals surface area (Å²) in [6.07, 6.45) is 7.05. The number of nitrogens with one attached hydrogen (secondary N) is 1. The van der Waals surface area contributed by atoms with E-state index in [0.29, 0.717) is 17.8 Å². The van der Waals surface area contributed by atoms with Crippen molar-refractivity contribution >= 4 is 30.0 Å². The Morgan fingerprint density at radius 1 is 1.00 bits per heavy atom. The molecule has 0 amide bonds. The van der Waals surface area contributed by atoms with Gasteiger partial charge in [-0.3, -0.25) is 20.0 Å². The Morgan fingerprint density at radius 3 is 2.52 bits per heavy atom. The fourth-order valence-corrected chi connectivity index (χ4v) is 3.57. The number of hydrogen-bond acceptors (Lipinski definition) is 5. The first-order chi connectivity index (χ1) is 16.1. The maximum absolute atomic E-state index is 13.9. The zero-order chi connectivity index (χ0) is 23.2. The smallest absolute Gasteiger partial charge is 0.126 e. The van der Waals surface area contributed by atoms with Gasteiger partial charge in [0.1, 0.15) is 5.82 Å². The van der Waals surface area contributed by atoms with Crippen molar-refractivity contribution in [1.82, 2.24) is 9.97 Å². The molecule has 0 saturated carbocycles. The number of aliphatic imine (C=N–C) groups is 2. The number of halogens is 1. The Bertz CT molecular complexity index is 1320. The minimum atomic E-state index is -0.240. The molecule has 0 atom stereocenters. The molecule has 0 bridgehead atoms. The van der Waals surface area contributed by atoms with Crippen LogP contribution in [0.2, 0.25) is 0 Å². The van der Waals surface area contributed by atoms with E-state index in [1.165, 1.54) is 6.07 Å². The molecule has 164 valence electrons. The maximum Gasteiger partial charge on any atom is 0.126 e. The molecule has 0 aliphatic rings. The number of aromatic nitrogens is 2. The van der Waals surface area contributed by atoms with Gasteiger partial charge in [0.15, 0.2) is 0 Å². The Kier molecular flexibility index (Phi) is 6.64. The highest BCUT2D eigenvalue weighted by Crippen LogP contribution is 2.38. The summed E-state index contributed by atoms with van der Waals surface area (Å²) >= 11 is 0. The number of pyridine rings is 2. The standard InChI is InChI=1S/C27H24FN5/c1-4-31-25-8-6-20(14-26(25)29-3)23-15-22(32-16-19-9-11-30-12-10-19)17-33-27(23)21-5-7-24(28)18(2)13-21/h4-15,17,32H,3,16H2,1-2H3/b31-4-. The quantitative estimate of drug-likeness (QED) is 0.319.